The van der Waals surface area contributed by atoms with E-state index in [9.17, 15) is 4.79 Å². The minimum atomic E-state index is -0.936. The fourth-order valence-electron chi connectivity index (χ4n) is 1.93. The highest BCUT2D eigenvalue weighted by Crippen LogP contribution is 2.04. The van der Waals surface area contributed by atoms with Gasteiger partial charge in [0.15, 0.2) is 0 Å². The Balaban J connectivity index is 2.51. The summed E-state index contributed by atoms with van der Waals surface area (Å²) in [5.41, 5.74) is 1.74. The number of aryl methyl sites for hydroxylation is 1. The lowest BCUT2D eigenvalue weighted by Gasteiger charge is -2.14. The molecule has 0 fully saturated rings. The van der Waals surface area contributed by atoms with Gasteiger partial charge in [-0.15, -0.1) is 0 Å². The van der Waals surface area contributed by atoms with Gasteiger partial charge in [0, 0.05) is 12.2 Å². The van der Waals surface area contributed by atoms with Crippen LogP contribution < -0.4 is 5.19 Å². The summed E-state index contributed by atoms with van der Waals surface area (Å²) in [6.45, 7) is 10.6. The maximum absolute atomic E-state index is 11.3. The summed E-state index contributed by atoms with van der Waals surface area (Å²) >= 11 is 0. The lowest BCUT2D eigenvalue weighted by atomic mass is 10.1. The third kappa shape index (κ3) is 5.31. The normalized spacial score (nSPS) is 10.6. The molecule has 1 aromatic rings. The van der Waals surface area contributed by atoms with Gasteiger partial charge in [0.1, 0.15) is 0 Å². The van der Waals surface area contributed by atoms with Gasteiger partial charge < -0.3 is 9.16 Å². The summed E-state index contributed by atoms with van der Waals surface area (Å²) in [6.07, 6.45) is 1.71. The number of ether oxygens (including phenoxy) is 1. The zero-order chi connectivity index (χ0) is 15.0. The van der Waals surface area contributed by atoms with Crippen molar-refractivity contribution >= 4 is 20.2 Å². The van der Waals surface area contributed by atoms with E-state index in [-0.39, 0.29) is 5.97 Å². The maximum atomic E-state index is 11.3. The SMILES string of the molecule is C=C(C)C(=O)OCCCc1ccccc1[Si](C)OCC. The molecular weight excluding hydrogens is 268 g/mol. The molecule has 0 bridgehead atoms. The van der Waals surface area contributed by atoms with Crippen molar-refractivity contribution in [2.75, 3.05) is 13.2 Å². The van der Waals surface area contributed by atoms with E-state index in [1.165, 1.54) is 10.8 Å². The molecule has 0 saturated carbocycles. The standard InChI is InChI=1S/C16H23O3Si/c1-5-19-20(4)15-11-7-6-9-14(15)10-8-12-18-16(17)13(2)3/h6-7,9,11H,2,5,8,10,12H2,1,3-4H3. The lowest BCUT2D eigenvalue weighted by Crippen LogP contribution is -2.33. The molecule has 0 aliphatic rings. The average molecular weight is 291 g/mol. The molecule has 0 unspecified atom stereocenters. The Bertz CT molecular complexity index is 457. The molecule has 0 N–H and O–H groups in total. The molecule has 0 amide bonds. The van der Waals surface area contributed by atoms with Crippen LogP contribution in [0.2, 0.25) is 6.55 Å². The van der Waals surface area contributed by atoms with Crippen LogP contribution in [0.15, 0.2) is 36.4 Å². The Hall–Kier alpha value is -1.39. The minimum absolute atomic E-state index is 0.312. The van der Waals surface area contributed by atoms with Crippen molar-refractivity contribution in [3.63, 3.8) is 0 Å². The number of benzene rings is 1. The minimum Gasteiger partial charge on any atom is -0.462 e. The molecule has 0 aliphatic heterocycles. The zero-order valence-electron chi connectivity index (χ0n) is 12.6. The van der Waals surface area contributed by atoms with Crippen LogP contribution >= 0.6 is 0 Å². The maximum Gasteiger partial charge on any atom is 0.333 e. The molecule has 109 valence electrons. The third-order valence-electron chi connectivity index (χ3n) is 2.93. The molecule has 20 heavy (non-hydrogen) atoms. The van der Waals surface area contributed by atoms with E-state index in [0.29, 0.717) is 12.2 Å². The molecule has 1 aromatic carbocycles. The van der Waals surface area contributed by atoms with Crippen molar-refractivity contribution in [2.45, 2.75) is 33.2 Å². The van der Waals surface area contributed by atoms with Crippen LogP contribution in [0, 0.1) is 0 Å². The van der Waals surface area contributed by atoms with Gasteiger partial charge in [-0.3, -0.25) is 0 Å². The fourth-order valence-corrected chi connectivity index (χ4v) is 3.51. The lowest BCUT2D eigenvalue weighted by molar-refractivity contribution is -0.139. The largest absolute Gasteiger partial charge is 0.462 e. The second-order valence-corrected chi connectivity index (χ2v) is 6.61. The molecule has 0 spiro atoms. The average Bonchev–Trinajstić information content (AvgIpc) is 2.43. The summed E-state index contributed by atoms with van der Waals surface area (Å²) in [7, 11) is -0.936. The van der Waals surface area contributed by atoms with Crippen molar-refractivity contribution < 1.29 is 14.0 Å². The monoisotopic (exact) mass is 291 g/mol. The van der Waals surface area contributed by atoms with Crippen molar-refractivity contribution in [1.29, 1.82) is 0 Å². The molecule has 0 aromatic heterocycles. The van der Waals surface area contributed by atoms with Gasteiger partial charge in [0.25, 0.3) is 0 Å². The number of carbonyl (C=O) groups is 1. The summed E-state index contributed by atoms with van der Waals surface area (Å²) < 4.78 is 10.9. The fraction of sp³-hybridized carbons (Fsp3) is 0.438. The first-order valence-electron chi connectivity index (χ1n) is 6.93. The van der Waals surface area contributed by atoms with E-state index < -0.39 is 9.04 Å². The number of rotatable bonds is 8. The molecule has 0 heterocycles. The van der Waals surface area contributed by atoms with Crippen LogP contribution in [0.3, 0.4) is 0 Å². The highest BCUT2D eigenvalue weighted by molar-refractivity contribution is 6.66. The Labute approximate surface area is 123 Å². The van der Waals surface area contributed by atoms with Gasteiger partial charge in [0.05, 0.1) is 6.61 Å². The summed E-state index contributed by atoms with van der Waals surface area (Å²) in [4.78, 5) is 11.3. The van der Waals surface area contributed by atoms with Gasteiger partial charge in [0.2, 0.25) is 9.04 Å². The Morgan fingerprint density at radius 2 is 2.05 bits per heavy atom. The molecule has 0 saturated heterocycles. The quantitative estimate of drug-likeness (QED) is 0.320. The van der Waals surface area contributed by atoms with Crippen LogP contribution in [-0.4, -0.2) is 28.2 Å². The molecule has 1 rings (SSSR count). The van der Waals surface area contributed by atoms with Crippen molar-refractivity contribution in [3.05, 3.63) is 42.0 Å². The van der Waals surface area contributed by atoms with Crippen molar-refractivity contribution in [1.82, 2.24) is 0 Å². The molecule has 0 atom stereocenters. The third-order valence-corrected chi connectivity index (χ3v) is 4.90. The van der Waals surface area contributed by atoms with Crippen LogP contribution in [0.5, 0.6) is 0 Å². The van der Waals surface area contributed by atoms with E-state index in [1.807, 2.05) is 19.1 Å². The highest BCUT2D eigenvalue weighted by atomic mass is 28.3. The van der Waals surface area contributed by atoms with Crippen molar-refractivity contribution in [3.8, 4) is 0 Å². The Kier molecular flexibility index (Phi) is 7.26. The second kappa shape index (κ2) is 8.71. The summed E-state index contributed by atoms with van der Waals surface area (Å²) in [5.74, 6) is -0.312. The first-order valence-corrected chi connectivity index (χ1v) is 8.84. The van der Waals surface area contributed by atoms with E-state index in [1.54, 1.807) is 6.92 Å². The number of hydrogen-bond donors (Lipinski definition) is 0. The van der Waals surface area contributed by atoms with Gasteiger partial charge in [-0.1, -0.05) is 30.8 Å². The molecule has 4 heteroatoms. The number of carbonyl (C=O) groups excluding carboxylic acids is 1. The molecule has 3 nitrogen and oxygen atoms in total. The van der Waals surface area contributed by atoms with Gasteiger partial charge in [-0.25, -0.2) is 4.79 Å². The van der Waals surface area contributed by atoms with Crippen LogP contribution in [-0.2, 0) is 20.4 Å². The Morgan fingerprint density at radius 3 is 2.70 bits per heavy atom. The Morgan fingerprint density at radius 1 is 1.35 bits per heavy atom. The number of esters is 1. The van der Waals surface area contributed by atoms with E-state index in [4.69, 9.17) is 9.16 Å². The first-order chi connectivity index (χ1) is 9.56. The predicted octanol–water partition coefficient (Wildman–Crippen LogP) is 2.60. The van der Waals surface area contributed by atoms with Gasteiger partial charge >= 0.3 is 5.97 Å². The topological polar surface area (TPSA) is 35.5 Å². The molecular formula is C16H23O3Si. The first kappa shape index (κ1) is 16.7. The van der Waals surface area contributed by atoms with Crippen molar-refractivity contribution in [2.24, 2.45) is 0 Å². The van der Waals surface area contributed by atoms with Crippen LogP contribution in [0.1, 0.15) is 25.8 Å². The summed E-state index contributed by atoms with van der Waals surface area (Å²) in [5, 5.41) is 1.31. The van der Waals surface area contributed by atoms with E-state index >= 15 is 0 Å². The van der Waals surface area contributed by atoms with E-state index in [0.717, 1.165) is 19.4 Å². The van der Waals surface area contributed by atoms with Crippen LogP contribution in [0.4, 0.5) is 0 Å². The molecule has 0 aliphatic carbocycles. The number of hydrogen-bond acceptors (Lipinski definition) is 3. The smallest absolute Gasteiger partial charge is 0.333 e. The van der Waals surface area contributed by atoms with Gasteiger partial charge in [-0.05, 0) is 44.0 Å². The second-order valence-electron chi connectivity index (χ2n) is 4.67. The predicted molar refractivity (Wildman–Crippen MR) is 83.4 cm³/mol. The molecule has 1 radical (unpaired) electrons. The van der Waals surface area contributed by atoms with Crippen LogP contribution in [0.25, 0.3) is 0 Å². The highest BCUT2D eigenvalue weighted by Gasteiger charge is 2.13. The zero-order valence-corrected chi connectivity index (χ0v) is 13.6. The van der Waals surface area contributed by atoms with E-state index in [2.05, 4.69) is 25.3 Å². The summed E-state index contributed by atoms with van der Waals surface area (Å²) in [6, 6.07) is 8.36. The van der Waals surface area contributed by atoms with Gasteiger partial charge in [-0.2, -0.15) is 0 Å².